The molecule has 0 atom stereocenters. The lowest BCUT2D eigenvalue weighted by Gasteiger charge is -2.11. The number of ether oxygens (including phenoxy) is 2. The first kappa shape index (κ1) is 12.8. The molecule has 0 radical (unpaired) electrons. The molecule has 0 aliphatic carbocycles. The molecule has 0 aliphatic heterocycles. The van der Waals surface area contributed by atoms with Gasteiger partial charge in [-0.1, -0.05) is 18.7 Å². The minimum atomic E-state index is -0.608. The Morgan fingerprint density at radius 3 is 2.59 bits per heavy atom. The number of carbonyl (C=O) groups excluding carboxylic acids is 1. The van der Waals surface area contributed by atoms with Crippen LogP contribution in [-0.4, -0.2) is 12.6 Å². The summed E-state index contributed by atoms with van der Waals surface area (Å²) in [6.45, 7) is 9.14. The van der Waals surface area contributed by atoms with Crippen LogP contribution in [0.25, 0.3) is 5.76 Å². The molecule has 0 heterocycles. The van der Waals surface area contributed by atoms with E-state index in [1.54, 1.807) is 31.2 Å². The van der Waals surface area contributed by atoms with E-state index in [4.69, 9.17) is 15.2 Å². The Kier molecular flexibility index (Phi) is 4.34. The highest BCUT2D eigenvalue weighted by molar-refractivity contribution is 5.87. The van der Waals surface area contributed by atoms with Gasteiger partial charge in [-0.05, 0) is 25.6 Å². The minimum Gasteiger partial charge on any atom is -0.460 e. The maximum absolute atomic E-state index is 11.3. The second-order valence-electron chi connectivity index (χ2n) is 3.26. The molecule has 1 aromatic carbocycles. The molecular weight excluding hydrogens is 218 g/mol. The highest BCUT2D eigenvalue weighted by atomic mass is 16.6. The number of rotatable bonds is 5. The molecule has 0 bridgehead atoms. The molecule has 2 N–H and O–H groups in total. The molecule has 1 aromatic rings. The fourth-order valence-electron chi connectivity index (χ4n) is 1.21. The van der Waals surface area contributed by atoms with Gasteiger partial charge < -0.3 is 15.2 Å². The van der Waals surface area contributed by atoms with Crippen LogP contribution in [0.3, 0.4) is 0 Å². The maximum Gasteiger partial charge on any atom is 0.373 e. The fourth-order valence-corrected chi connectivity index (χ4v) is 1.21. The second kappa shape index (κ2) is 5.75. The molecule has 0 spiro atoms. The summed E-state index contributed by atoms with van der Waals surface area (Å²) in [5.74, 6) is -0.454. The first-order valence-corrected chi connectivity index (χ1v) is 5.14. The summed E-state index contributed by atoms with van der Waals surface area (Å²) in [6, 6.07) is 7.06. The lowest BCUT2D eigenvalue weighted by atomic mass is 10.1. The third kappa shape index (κ3) is 3.38. The van der Waals surface area contributed by atoms with Gasteiger partial charge in [0, 0.05) is 11.3 Å². The quantitative estimate of drug-likeness (QED) is 0.367. The van der Waals surface area contributed by atoms with E-state index < -0.39 is 5.97 Å². The molecular formula is C13H15NO3. The zero-order chi connectivity index (χ0) is 12.8. The number of hydrogen-bond donors (Lipinski definition) is 1. The van der Waals surface area contributed by atoms with Crippen molar-refractivity contribution in [3.63, 3.8) is 0 Å². The van der Waals surface area contributed by atoms with Crippen LogP contribution in [0.4, 0.5) is 5.69 Å². The van der Waals surface area contributed by atoms with Crippen LogP contribution in [0.5, 0.6) is 0 Å². The normalized spacial score (nSPS) is 9.47. The van der Waals surface area contributed by atoms with Crippen molar-refractivity contribution in [1.82, 2.24) is 0 Å². The van der Waals surface area contributed by atoms with E-state index >= 15 is 0 Å². The summed E-state index contributed by atoms with van der Waals surface area (Å²) in [5.41, 5.74) is 6.89. The van der Waals surface area contributed by atoms with Crippen LogP contribution in [-0.2, 0) is 14.3 Å². The number of hydrogen-bond acceptors (Lipinski definition) is 4. The maximum atomic E-state index is 11.3. The average Bonchev–Trinajstić information content (AvgIpc) is 2.29. The smallest absolute Gasteiger partial charge is 0.373 e. The van der Waals surface area contributed by atoms with Crippen LogP contribution in [0, 0.1) is 0 Å². The molecule has 4 heteroatoms. The molecule has 0 aromatic heterocycles. The number of nitrogen functional groups attached to an aromatic ring is 1. The molecule has 90 valence electrons. The van der Waals surface area contributed by atoms with Crippen LogP contribution >= 0.6 is 0 Å². The molecule has 0 saturated carbocycles. The van der Waals surface area contributed by atoms with E-state index in [9.17, 15) is 4.79 Å². The number of nitrogens with two attached hydrogens (primary N) is 1. The zero-order valence-corrected chi connectivity index (χ0v) is 9.73. The van der Waals surface area contributed by atoms with Crippen molar-refractivity contribution in [2.45, 2.75) is 6.92 Å². The van der Waals surface area contributed by atoms with Gasteiger partial charge in [0.1, 0.15) is 5.76 Å². The highest BCUT2D eigenvalue weighted by Crippen LogP contribution is 2.22. The first-order chi connectivity index (χ1) is 8.06. The van der Waals surface area contributed by atoms with Crippen LogP contribution < -0.4 is 5.73 Å². The van der Waals surface area contributed by atoms with Gasteiger partial charge in [-0.2, -0.15) is 0 Å². The summed E-state index contributed by atoms with van der Waals surface area (Å²) in [6.07, 6.45) is 0. The lowest BCUT2D eigenvalue weighted by Crippen LogP contribution is -2.09. The molecule has 1 rings (SSSR count). The second-order valence-corrected chi connectivity index (χ2v) is 3.26. The van der Waals surface area contributed by atoms with Crippen LogP contribution in [0.2, 0.25) is 0 Å². The molecule has 4 nitrogen and oxygen atoms in total. The lowest BCUT2D eigenvalue weighted by molar-refractivity contribution is -0.141. The predicted molar refractivity (Wildman–Crippen MR) is 66.7 cm³/mol. The number of esters is 1. The van der Waals surface area contributed by atoms with Crippen molar-refractivity contribution in [3.05, 3.63) is 48.7 Å². The topological polar surface area (TPSA) is 61.5 Å². The summed E-state index contributed by atoms with van der Waals surface area (Å²) >= 11 is 0. The largest absolute Gasteiger partial charge is 0.460 e. The van der Waals surface area contributed by atoms with Crippen molar-refractivity contribution >= 4 is 17.4 Å². The Bertz CT molecular complexity index is 452. The van der Waals surface area contributed by atoms with Crippen molar-refractivity contribution in [1.29, 1.82) is 0 Å². The summed E-state index contributed by atoms with van der Waals surface area (Å²) < 4.78 is 9.92. The third-order valence-corrected chi connectivity index (χ3v) is 2.01. The Balaban J connectivity index is 2.71. The van der Waals surface area contributed by atoms with Gasteiger partial charge in [0.25, 0.3) is 0 Å². The zero-order valence-electron chi connectivity index (χ0n) is 9.73. The minimum absolute atomic E-state index is 0.111. The van der Waals surface area contributed by atoms with Gasteiger partial charge in [-0.25, -0.2) is 4.79 Å². The summed E-state index contributed by atoms with van der Waals surface area (Å²) in [4.78, 5) is 11.3. The number of anilines is 1. The van der Waals surface area contributed by atoms with Crippen molar-refractivity contribution in [2.24, 2.45) is 0 Å². The van der Waals surface area contributed by atoms with E-state index in [0.717, 1.165) is 0 Å². The van der Waals surface area contributed by atoms with Gasteiger partial charge in [-0.15, -0.1) is 0 Å². The molecule has 0 saturated heterocycles. The number of carbonyl (C=O) groups is 1. The van der Waals surface area contributed by atoms with Crippen molar-refractivity contribution in [3.8, 4) is 0 Å². The van der Waals surface area contributed by atoms with Crippen LogP contribution in [0.15, 0.2) is 43.2 Å². The Labute approximate surface area is 100 Å². The average molecular weight is 233 g/mol. The molecule has 17 heavy (non-hydrogen) atoms. The van der Waals surface area contributed by atoms with E-state index in [2.05, 4.69) is 13.2 Å². The molecule has 0 amide bonds. The van der Waals surface area contributed by atoms with E-state index in [-0.39, 0.29) is 18.1 Å². The van der Waals surface area contributed by atoms with Crippen molar-refractivity contribution < 1.29 is 14.3 Å². The summed E-state index contributed by atoms with van der Waals surface area (Å²) in [5, 5.41) is 0. The molecule has 0 aliphatic rings. The molecule has 0 fully saturated rings. The monoisotopic (exact) mass is 233 g/mol. The first-order valence-electron chi connectivity index (χ1n) is 5.14. The SMILES string of the molecule is C=C(OC(=C)c1ccccc1N)C(=O)OCC. The molecule has 0 unspecified atom stereocenters. The van der Waals surface area contributed by atoms with E-state index in [0.29, 0.717) is 11.3 Å². The number of para-hydroxylation sites is 1. The predicted octanol–water partition coefficient (Wildman–Crippen LogP) is 2.33. The highest BCUT2D eigenvalue weighted by Gasteiger charge is 2.12. The Hall–Kier alpha value is -2.23. The third-order valence-electron chi connectivity index (χ3n) is 2.01. The number of benzene rings is 1. The van der Waals surface area contributed by atoms with E-state index in [1.165, 1.54) is 0 Å². The fraction of sp³-hybridized carbons (Fsp3) is 0.154. The van der Waals surface area contributed by atoms with Crippen molar-refractivity contribution in [2.75, 3.05) is 12.3 Å². The Morgan fingerprint density at radius 2 is 2.00 bits per heavy atom. The van der Waals surface area contributed by atoms with Gasteiger partial charge in [-0.3, -0.25) is 0 Å². The van der Waals surface area contributed by atoms with Crippen LogP contribution in [0.1, 0.15) is 12.5 Å². The van der Waals surface area contributed by atoms with E-state index in [1.807, 2.05) is 0 Å². The summed E-state index contributed by atoms with van der Waals surface area (Å²) in [7, 11) is 0. The van der Waals surface area contributed by atoms with Gasteiger partial charge >= 0.3 is 5.97 Å². The van der Waals surface area contributed by atoms with Gasteiger partial charge in [0.2, 0.25) is 5.76 Å². The Morgan fingerprint density at radius 1 is 1.35 bits per heavy atom. The van der Waals surface area contributed by atoms with Gasteiger partial charge in [0.05, 0.1) is 6.61 Å². The standard InChI is InChI=1S/C13H15NO3/c1-4-16-13(15)10(3)17-9(2)11-7-5-6-8-12(11)14/h5-8H,2-4,14H2,1H3. The van der Waals surface area contributed by atoms with Gasteiger partial charge in [0.15, 0.2) is 0 Å².